The van der Waals surface area contributed by atoms with Gasteiger partial charge < -0.3 is 0 Å². The van der Waals surface area contributed by atoms with Crippen LogP contribution in [0.1, 0.15) is 57.8 Å². The van der Waals surface area contributed by atoms with Crippen LogP contribution in [0.15, 0.2) is 43.2 Å². The van der Waals surface area contributed by atoms with E-state index in [1.54, 1.807) is 0 Å². The summed E-state index contributed by atoms with van der Waals surface area (Å²) in [6.07, 6.45) is 4.26. The summed E-state index contributed by atoms with van der Waals surface area (Å²) in [7, 11) is 0. The van der Waals surface area contributed by atoms with Gasteiger partial charge in [-0.25, -0.2) is 84.3 Å². The lowest BCUT2D eigenvalue weighted by molar-refractivity contribution is 0.439. The van der Waals surface area contributed by atoms with Gasteiger partial charge in [0.05, 0.1) is 0 Å². The molecule has 3 aromatic heterocycles. The Balaban J connectivity index is 1.61. The van der Waals surface area contributed by atoms with Crippen molar-refractivity contribution < 1.29 is 0 Å². The van der Waals surface area contributed by atoms with Gasteiger partial charge in [0.1, 0.15) is 0 Å². The van der Waals surface area contributed by atoms with Gasteiger partial charge in [0, 0.05) is 58.9 Å². The Morgan fingerprint density at radius 3 is 0.508 bits per heavy atom. The van der Waals surface area contributed by atoms with Crippen molar-refractivity contribution in [3.63, 3.8) is 0 Å². The predicted molar refractivity (Wildman–Crippen MR) is 263 cm³/mol. The highest BCUT2D eigenvalue weighted by Gasteiger charge is 2.18. The highest BCUT2D eigenvalue weighted by atomic mass is 32.2. The van der Waals surface area contributed by atoms with Crippen LogP contribution in [-0.4, -0.2) is 92.9 Å². The molecule has 3 heterocycles. The number of rotatable bonds is 31. The Labute approximate surface area is 388 Å². The Kier molecular flexibility index (Phi) is 24.7. The summed E-state index contributed by atoms with van der Waals surface area (Å²) in [6, 6.07) is 0. The average Bonchev–Trinajstić information content (AvgIpc) is 3.24. The van der Waals surface area contributed by atoms with Gasteiger partial charge in [-0.2, -0.15) is 86.7 Å². The van der Waals surface area contributed by atoms with Gasteiger partial charge in [-0.05, 0) is 110 Å². The fourth-order valence-corrected chi connectivity index (χ4v) is 8.86. The summed E-state index contributed by atoms with van der Waals surface area (Å²) in [5.74, 6) is 4.63. The third-order valence-corrected chi connectivity index (χ3v) is 13.4. The van der Waals surface area contributed by atoms with E-state index >= 15 is 0 Å². The molecule has 0 unspecified atom stereocenters. The molecule has 0 aromatic carbocycles. The lowest BCUT2D eigenvalue weighted by Crippen LogP contribution is -2.54. The summed E-state index contributed by atoms with van der Waals surface area (Å²) in [6.45, 7) is 1.16. The van der Waals surface area contributed by atoms with Gasteiger partial charge in [0.15, 0.2) is 0 Å². The molecule has 344 valence electrons. The van der Waals surface area contributed by atoms with Crippen molar-refractivity contribution in [1.29, 1.82) is 0 Å². The maximum atomic E-state index is 13.5. The fraction of sp³-hybridized carbons (Fsp3) is 0.750. The van der Waals surface area contributed by atoms with Crippen molar-refractivity contribution in [2.45, 2.75) is 117 Å². The molecule has 3 aromatic rings. The van der Waals surface area contributed by atoms with Crippen LogP contribution >= 0.6 is 86.7 Å². The number of hydrogen-bond donors (Lipinski definition) is 5. The second-order valence-electron chi connectivity index (χ2n) is 13.9. The summed E-state index contributed by atoms with van der Waals surface area (Å²) >= 11 is 24.0. The third-order valence-electron chi connectivity index (χ3n) is 9.54. The third kappa shape index (κ3) is 14.9. The average molecular weight is 986 g/mol. The predicted octanol–water partition coefficient (Wildman–Crippen LogP) is 0.169. The van der Waals surface area contributed by atoms with E-state index in [0.29, 0.717) is 110 Å². The Morgan fingerprint density at radius 2 is 0.377 bits per heavy atom. The second-order valence-corrected chi connectivity index (χ2v) is 18.6. The van der Waals surface area contributed by atoms with Crippen molar-refractivity contribution >= 4 is 86.7 Å². The number of nitrogens with zero attached hydrogens (tertiary/aromatic N) is 9. The first-order valence-electron chi connectivity index (χ1n) is 20.4. The van der Waals surface area contributed by atoms with Gasteiger partial charge in [0.25, 0.3) is 0 Å². The topological polar surface area (TPSA) is 198 Å². The van der Waals surface area contributed by atoms with Crippen molar-refractivity contribution in [1.82, 2.24) is 41.1 Å². The van der Waals surface area contributed by atoms with Crippen LogP contribution in [0.3, 0.4) is 0 Å². The maximum Gasteiger partial charge on any atom is 0.336 e. The molecule has 0 N–H and O–H groups in total. The van der Waals surface area contributed by atoms with Crippen molar-refractivity contribution in [3.8, 4) is 0 Å². The molecule has 25 heteroatoms. The molecule has 0 fully saturated rings. The van der Waals surface area contributed by atoms with Crippen LogP contribution in [0.25, 0.3) is 0 Å². The van der Waals surface area contributed by atoms with Crippen molar-refractivity contribution in [2.24, 2.45) is 0 Å². The van der Waals surface area contributed by atoms with E-state index in [2.05, 4.69) is 63.1 Å². The number of thioether (sulfide) groups is 2. The Morgan fingerprint density at radius 1 is 0.246 bits per heavy atom. The molecule has 0 saturated heterocycles. The largest absolute Gasteiger partial charge is 0.336 e. The molecule has 0 aliphatic rings. The van der Waals surface area contributed by atoms with Gasteiger partial charge in [0.2, 0.25) is 0 Å². The van der Waals surface area contributed by atoms with Crippen LogP contribution < -0.4 is 51.2 Å². The van der Waals surface area contributed by atoms with E-state index < -0.39 is 51.2 Å². The zero-order valence-corrected chi connectivity index (χ0v) is 40.4. The van der Waals surface area contributed by atoms with Crippen LogP contribution in [0.2, 0.25) is 0 Å². The molecule has 18 nitrogen and oxygen atoms in total. The van der Waals surface area contributed by atoms with E-state index in [1.165, 1.54) is 23.5 Å². The number of aromatic nitrogens is 9. The SMILES string of the molecule is O=c1n(CCCS)c(=O)n(CCCSCCCn2c(=O)n(CCCS)c(=O)n(CCCSCCCn3c(=O)n(CCCS)c(=O)n(CCCS)c3=O)c2=O)c(=O)n1CCCS. The molecule has 0 radical (unpaired) electrons. The van der Waals surface area contributed by atoms with E-state index in [0.717, 1.165) is 41.1 Å². The monoisotopic (exact) mass is 985 g/mol. The summed E-state index contributed by atoms with van der Waals surface area (Å²) in [5, 5.41) is 0. The summed E-state index contributed by atoms with van der Waals surface area (Å²) in [4.78, 5) is 118. The Hall–Kier alpha value is -2.32. The van der Waals surface area contributed by atoms with E-state index in [1.807, 2.05) is 0 Å². The molecule has 0 saturated carbocycles. The smallest absolute Gasteiger partial charge is 0.247 e. The lowest BCUT2D eigenvalue weighted by atomic mass is 10.4. The normalized spacial score (nSPS) is 11.6. The zero-order chi connectivity index (χ0) is 44.9. The molecule has 0 amide bonds. The second kappa shape index (κ2) is 28.5. The molecule has 0 aliphatic heterocycles. The first-order valence-corrected chi connectivity index (χ1v) is 25.9. The number of thiol groups is 5. The molecule has 61 heavy (non-hydrogen) atoms. The molecule has 3 rings (SSSR count). The van der Waals surface area contributed by atoms with Crippen LogP contribution in [-0.2, 0) is 58.9 Å². The first-order chi connectivity index (χ1) is 29.4. The molecule has 0 spiro atoms. The summed E-state index contributed by atoms with van der Waals surface area (Å²) in [5.41, 5.74) is -5.88. The zero-order valence-electron chi connectivity index (χ0n) is 34.3. The minimum atomic E-state index is -0.685. The van der Waals surface area contributed by atoms with E-state index in [4.69, 9.17) is 0 Å². The maximum absolute atomic E-state index is 13.5. The highest BCUT2D eigenvalue weighted by molar-refractivity contribution is 7.99. The van der Waals surface area contributed by atoms with E-state index in [-0.39, 0.29) is 58.9 Å². The first kappa shape index (κ1) is 53.0. The van der Waals surface area contributed by atoms with Crippen molar-refractivity contribution in [2.75, 3.05) is 51.8 Å². The summed E-state index contributed by atoms with van der Waals surface area (Å²) < 4.78 is 9.77. The molecular formula is C36H59N9O9S7. The van der Waals surface area contributed by atoms with Gasteiger partial charge in [-0.1, -0.05) is 0 Å². The quantitative estimate of drug-likeness (QED) is 0.0436. The minimum Gasteiger partial charge on any atom is -0.247 e. The van der Waals surface area contributed by atoms with Crippen LogP contribution in [0.5, 0.6) is 0 Å². The van der Waals surface area contributed by atoms with Gasteiger partial charge in [-0.3, -0.25) is 0 Å². The fourth-order valence-electron chi connectivity index (χ4n) is 6.42. The molecular weight excluding hydrogens is 927 g/mol. The minimum absolute atomic E-state index is 0.0870. The van der Waals surface area contributed by atoms with Crippen molar-refractivity contribution in [3.05, 3.63) is 94.4 Å². The molecule has 0 aliphatic carbocycles. The molecule has 0 bridgehead atoms. The van der Waals surface area contributed by atoms with Gasteiger partial charge in [-0.15, -0.1) is 0 Å². The van der Waals surface area contributed by atoms with Crippen LogP contribution in [0, 0.1) is 0 Å². The lowest BCUT2D eigenvalue weighted by Gasteiger charge is -2.14. The van der Waals surface area contributed by atoms with Crippen LogP contribution in [0.4, 0.5) is 0 Å². The molecule has 0 atom stereocenters. The Bertz CT molecular complexity index is 2160. The van der Waals surface area contributed by atoms with Gasteiger partial charge >= 0.3 is 51.2 Å². The highest BCUT2D eigenvalue weighted by Crippen LogP contribution is 2.07. The van der Waals surface area contributed by atoms with E-state index in [9.17, 15) is 43.2 Å². The number of hydrogen-bond acceptors (Lipinski definition) is 16. The standard InChI is InChI=1S/C36H59N9O9S7/c46-28-37(10-1-19-55)30(48)42(31(49)38(28)11-2-20-56)15-6-24-60-26-8-17-44-34(52)41(14-5-23-59)35(53)45(36(44)54)18-9-27-61-25-7-16-43-32(50)39(12-3-21-57)29(47)40(33(43)51)13-4-22-58/h55-59H,1-27H2.